The van der Waals surface area contributed by atoms with E-state index >= 15 is 0 Å². The van der Waals surface area contributed by atoms with Crippen molar-refractivity contribution in [1.82, 2.24) is 14.4 Å². The molecule has 32 heavy (non-hydrogen) atoms. The second-order valence-electron chi connectivity index (χ2n) is 8.85. The number of nitrogens with zero attached hydrogens (tertiary/aromatic N) is 4. The van der Waals surface area contributed by atoms with E-state index in [1.807, 2.05) is 6.92 Å². The first kappa shape index (κ1) is 21.8. The third-order valence-electron chi connectivity index (χ3n) is 6.42. The molecule has 166 valence electrons. The minimum atomic E-state index is -0.649. The third kappa shape index (κ3) is 3.91. The molecule has 1 aromatic carbocycles. The zero-order valence-electron chi connectivity index (χ0n) is 18.2. The highest BCUT2D eigenvalue weighted by atomic mass is 19.1. The second kappa shape index (κ2) is 8.23. The van der Waals surface area contributed by atoms with Crippen molar-refractivity contribution in [3.63, 3.8) is 0 Å². The van der Waals surface area contributed by atoms with Crippen molar-refractivity contribution in [1.29, 1.82) is 5.26 Å². The van der Waals surface area contributed by atoms with Crippen LogP contribution in [0.1, 0.15) is 48.2 Å². The molecule has 1 saturated heterocycles. The van der Waals surface area contributed by atoms with Crippen LogP contribution < -0.4 is 5.56 Å². The van der Waals surface area contributed by atoms with E-state index in [-0.39, 0.29) is 23.9 Å². The first-order valence-corrected chi connectivity index (χ1v) is 10.7. The van der Waals surface area contributed by atoms with E-state index < -0.39 is 16.8 Å². The molecule has 0 aliphatic carbocycles. The van der Waals surface area contributed by atoms with Gasteiger partial charge in [-0.3, -0.25) is 19.0 Å². The number of aromatic nitrogens is 1. The molecule has 0 saturated carbocycles. The molecular formula is C24H25FN4O3. The van der Waals surface area contributed by atoms with Gasteiger partial charge < -0.3 is 9.80 Å². The summed E-state index contributed by atoms with van der Waals surface area (Å²) in [5, 5.41) is 9.54. The van der Waals surface area contributed by atoms with Gasteiger partial charge in [0.1, 0.15) is 11.4 Å². The Hall–Kier alpha value is -3.47. The second-order valence-corrected chi connectivity index (χ2v) is 8.85. The number of hydrogen-bond donors (Lipinski definition) is 0. The quantitative estimate of drug-likeness (QED) is 0.724. The van der Waals surface area contributed by atoms with Crippen molar-refractivity contribution in [2.45, 2.75) is 39.7 Å². The van der Waals surface area contributed by atoms with Crippen LogP contribution in [-0.2, 0) is 17.8 Å². The summed E-state index contributed by atoms with van der Waals surface area (Å²) in [6, 6.07) is 7.78. The summed E-state index contributed by atoms with van der Waals surface area (Å²) in [5.74, 6) is -0.896. The fourth-order valence-electron chi connectivity index (χ4n) is 4.60. The van der Waals surface area contributed by atoms with Crippen LogP contribution in [0.3, 0.4) is 0 Å². The molecular weight excluding hydrogens is 411 g/mol. The largest absolute Gasteiger partial charge is 0.338 e. The Balaban J connectivity index is 1.84. The maximum atomic E-state index is 13.6. The number of carbonyl (C=O) groups is 2. The van der Waals surface area contributed by atoms with E-state index in [1.165, 1.54) is 35.8 Å². The van der Waals surface area contributed by atoms with Gasteiger partial charge in [0.05, 0.1) is 11.5 Å². The number of nitriles is 1. The molecule has 2 aromatic rings. The standard InChI is InChI=1S/C24H25FN4O3/c1-16(30)27-11-8-20-17(12-27)13-29(19-6-4-18(25)5-7-19)23(32)21(20)22(31)28-10-3-9-24(2,14-26)15-28/h4-7,13H,3,8-12,15H2,1-2H3. The summed E-state index contributed by atoms with van der Waals surface area (Å²) >= 11 is 0. The number of halogens is 1. The molecule has 4 rings (SSSR count). The van der Waals surface area contributed by atoms with Crippen molar-refractivity contribution in [3.8, 4) is 11.8 Å². The number of piperidine rings is 1. The molecule has 0 radical (unpaired) electrons. The monoisotopic (exact) mass is 436 g/mol. The molecule has 2 amide bonds. The zero-order chi connectivity index (χ0) is 23.0. The predicted octanol–water partition coefficient (Wildman–Crippen LogP) is 2.65. The van der Waals surface area contributed by atoms with Crippen molar-refractivity contribution in [2.75, 3.05) is 19.6 Å². The number of hydrogen-bond acceptors (Lipinski definition) is 4. The highest BCUT2D eigenvalue weighted by Gasteiger charge is 2.36. The SMILES string of the molecule is CC(=O)N1CCc2c(cn(-c3ccc(F)cc3)c(=O)c2C(=O)N2CCCC(C)(C#N)C2)C1. The lowest BCUT2D eigenvalue weighted by molar-refractivity contribution is -0.129. The predicted molar refractivity (Wildman–Crippen MR) is 116 cm³/mol. The van der Waals surface area contributed by atoms with Crippen molar-refractivity contribution in [2.24, 2.45) is 5.41 Å². The van der Waals surface area contributed by atoms with Crippen LogP contribution in [0.25, 0.3) is 5.69 Å². The summed E-state index contributed by atoms with van der Waals surface area (Å²) in [6.07, 6.45) is 3.44. The van der Waals surface area contributed by atoms with Gasteiger partial charge in [0.2, 0.25) is 5.91 Å². The Bertz CT molecular complexity index is 1180. The summed E-state index contributed by atoms with van der Waals surface area (Å²) < 4.78 is 14.8. The van der Waals surface area contributed by atoms with Gasteiger partial charge in [-0.15, -0.1) is 0 Å². The Morgan fingerprint density at radius 2 is 1.88 bits per heavy atom. The minimum Gasteiger partial charge on any atom is -0.338 e. The average Bonchev–Trinajstić information content (AvgIpc) is 2.78. The average molecular weight is 436 g/mol. The van der Waals surface area contributed by atoms with Gasteiger partial charge in [0.15, 0.2) is 0 Å². The molecule has 3 heterocycles. The van der Waals surface area contributed by atoms with Gasteiger partial charge in [-0.2, -0.15) is 5.26 Å². The number of carbonyl (C=O) groups excluding carboxylic acids is 2. The molecule has 0 N–H and O–H groups in total. The van der Waals surface area contributed by atoms with Gasteiger partial charge in [-0.1, -0.05) is 0 Å². The molecule has 1 aromatic heterocycles. The van der Waals surface area contributed by atoms with Crippen LogP contribution in [0.5, 0.6) is 0 Å². The molecule has 1 unspecified atom stereocenters. The van der Waals surface area contributed by atoms with E-state index in [0.29, 0.717) is 50.1 Å². The smallest absolute Gasteiger partial charge is 0.268 e. The van der Waals surface area contributed by atoms with Gasteiger partial charge in [0.25, 0.3) is 11.5 Å². The maximum absolute atomic E-state index is 13.6. The molecule has 7 nitrogen and oxygen atoms in total. The molecule has 0 spiro atoms. The van der Waals surface area contributed by atoms with Crippen LogP contribution >= 0.6 is 0 Å². The number of pyridine rings is 1. The lowest BCUT2D eigenvalue weighted by atomic mass is 9.83. The van der Waals surface area contributed by atoms with Gasteiger partial charge in [-0.25, -0.2) is 4.39 Å². The van der Waals surface area contributed by atoms with Gasteiger partial charge in [-0.05, 0) is 61.6 Å². The van der Waals surface area contributed by atoms with E-state index in [1.54, 1.807) is 16.0 Å². The molecule has 8 heteroatoms. The molecule has 1 fully saturated rings. The third-order valence-corrected chi connectivity index (χ3v) is 6.42. The Morgan fingerprint density at radius 1 is 1.16 bits per heavy atom. The first-order valence-electron chi connectivity index (χ1n) is 10.7. The molecule has 1 atom stereocenters. The minimum absolute atomic E-state index is 0.0797. The normalized spacial score (nSPS) is 20.4. The van der Waals surface area contributed by atoms with E-state index in [0.717, 1.165) is 5.56 Å². The number of rotatable bonds is 2. The van der Waals surface area contributed by atoms with Crippen LogP contribution in [0.15, 0.2) is 35.3 Å². The van der Waals surface area contributed by atoms with Crippen LogP contribution in [0.2, 0.25) is 0 Å². The highest BCUT2D eigenvalue weighted by Crippen LogP contribution is 2.30. The number of amides is 2. The summed E-state index contributed by atoms with van der Waals surface area (Å²) in [5.41, 5.74) is 0.773. The molecule has 2 aliphatic rings. The highest BCUT2D eigenvalue weighted by molar-refractivity contribution is 5.96. The van der Waals surface area contributed by atoms with Gasteiger partial charge >= 0.3 is 0 Å². The van der Waals surface area contributed by atoms with E-state index in [4.69, 9.17) is 0 Å². The lowest BCUT2D eigenvalue weighted by Crippen LogP contribution is -2.47. The topological polar surface area (TPSA) is 86.4 Å². The Kier molecular flexibility index (Phi) is 5.59. The zero-order valence-corrected chi connectivity index (χ0v) is 18.2. The number of fused-ring (bicyclic) bond motifs is 1. The van der Waals surface area contributed by atoms with Crippen molar-refractivity contribution >= 4 is 11.8 Å². The Morgan fingerprint density at radius 3 is 2.53 bits per heavy atom. The summed E-state index contributed by atoms with van der Waals surface area (Å²) in [7, 11) is 0. The van der Waals surface area contributed by atoms with Crippen molar-refractivity contribution < 1.29 is 14.0 Å². The van der Waals surface area contributed by atoms with Crippen LogP contribution in [0.4, 0.5) is 4.39 Å². The number of benzene rings is 1. The molecule has 0 bridgehead atoms. The first-order chi connectivity index (χ1) is 15.2. The summed E-state index contributed by atoms with van der Waals surface area (Å²) in [4.78, 5) is 42.4. The van der Waals surface area contributed by atoms with Crippen LogP contribution in [0, 0.1) is 22.6 Å². The van der Waals surface area contributed by atoms with E-state index in [9.17, 15) is 24.0 Å². The summed E-state index contributed by atoms with van der Waals surface area (Å²) in [6.45, 7) is 4.79. The maximum Gasteiger partial charge on any atom is 0.268 e. The molecule has 2 aliphatic heterocycles. The van der Waals surface area contributed by atoms with Gasteiger partial charge in [0, 0.05) is 45.0 Å². The fraction of sp³-hybridized carbons (Fsp3) is 0.417. The lowest BCUT2D eigenvalue weighted by Gasteiger charge is -2.37. The Labute approximate surface area is 185 Å². The van der Waals surface area contributed by atoms with Crippen molar-refractivity contribution in [3.05, 3.63) is 63.3 Å². The van der Waals surface area contributed by atoms with E-state index in [2.05, 4.69) is 6.07 Å². The van der Waals surface area contributed by atoms with Crippen LogP contribution in [-0.4, -0.2) is 45.8 Å². The fourth-order valence-corrected chi connectivity index (χ4v) is 4.60. The number of likely N-dealkylation sites (tertiary alicyclic amines) is 1.